The van der Waals surface area contributed by atoms with E-state index in [1.807, 2.05) is 19.1 Å². The highest BCUT2D eigenvalue weighted by molar-refractivity contribution is 7.09. The molecule has 0 saturated carbocycles. The summed E-state index contributed by atoms with van der Waals surface area (Å²) >= 11 is 1.72. The molecular formula is C17H18N2OS. The largest absolute Gasteiger partial charge is 0.321 e. The van der Waals surface area contributed by atoms with E-state index in [-0.39, 0.29) is 5.56 Å². The summed E-state index contributed by atoms with van der Waals surface area (Å²) in [6, 6.07) is 10.3. The van der Waals surface area contributed by atoms with Gasteiger partial charge in [-0.05, 0) is 47.9 Å². The van der Waals surface area contributed by atoms with E-state index in [1.165, 1.54) is 10.4 Å². The Hall–Kier alpha value is -1.91. The molecule has 3 nitrogen and oxygen atoms in total. The second-order valence-electron chi connectivity index (χ2n) is 5.28. The molecule has 0 atom stereocenters. The summed E-state index contributed by atoms with van der Waals surface area (Å²) in [5, 5.41) is 6.48. The van der Waals surface area contributed by atoms with E-state index in [0.717, 1.165) is 28.6 Å². The molecule has 1 aromatic carbocycles. The predicted octanol–water partition coefficient (Wildman–Crippen LogP) is 3.50. The van der Waals surface area contributed by atoms with Crippen molar-refractivity contribution in [3.05, 3.63) is 67.6 Å². The van der Waals surface area contributed by atoms with Gasteiger partial charge in [-0.15, -0.1) is 11.3 Å². The summed E-state index contributed by atoms with van der Waals surface area (Å²) in [5.74, 6) is 0. The fraction of sp³-hybridized carbons (Fsp3) is 0.235. The fourth-order valence-corrected chi connectivity index (χ4v) is 3.11. The number of aryl methyl sites for hydroxylation is 2. The number of hydrogen-bond donors (Lipinski definition) is 2. The van der Waals surface area contributed by atoms with Crippen molar-refractivity contribution in [3.8, 4) is 0 Å². The smallest absolute Gasteiger partial charge is 0.252 e. The van der Waals surface area contributed by atoms with Crippen molar-refractivity contribution >= 4 is 22.2 Å². The van der Waals surface area contributed by atoms with Gasteiger partial charge in [-0.1, -0.05) is 18.2 Å². The Labute approximate surface area is 127 Å². The van der Waals surface area contributed by atoms with E-state index in [9.17, 15) is 4.79 Å². The van der Waals surface area contributed by atoms with Gasteiger partial charge in [0.05, 0.1) is 5.52 Å². The van der Waals surface area contributed by atoms with Crippen LogP contribution in [0.3, 0.4) is 0 Å². The average molecular weight is 298 g/mol. The topological polar surface area (TPSA) is 44.9 Å². The number of benzene rings is 1. The molecule has 0 bridgehead atoms. The number of fused-ring (bicyclic) bond motifs is 1. The maximum absolute atomic E-state index is 12.2. The van der Waals surface area contributed by atoms with Crippen LogP contribution in [0.1, 0.15) is 21.6 Å². The second-order valence-corrected chi connectivity index (χ2v) is 6.31. The van der Waals surface area contributed by atoms with Crippen molar-refractivity contribution in [2.45, 2.75) is 26.9 Å². The number of H-pyrrole nitrogens is 1. The normalized spacial score (nSPS) is 11.1. The Morgan fingerprint density at radius 3 is 2.81 bits per heavy atom. The maximum Gasteiger partial charge on any atom is 0.252 e. The lowest BCUT2D eigenvalue weighted by molar-refractivity contribution is 0.696. The Kier molecular flexibility index (Phi) is 3.90. The molecule has 0 aliphatic heterocycles. The average Bonchev–Trinajstić information content (AvgIpc) is 2.98. The highest BCUT2D eigenvalue weighted by atomic mass is 32.1. The Morgan fingerprint density at radius 1 is 1.19 bits per heavy atom. The van der Waals surface area contributed by atoms with Crippen LogP contribution in [-0.2, 0) is 13.1 Å². The zero-order chi connectivity index (χ0) is 14.8. The van der Waals surface area contributed by atoms with Crippen LogP contribution in [0.4, 0.5) is 0 Å². The maximum atomic E-state index is 12.2. The first-order valence-corrected chi connectivity index (χ1v) is 7.88. The first-order valence-electron chi connectivity index (χ1n) is 7.00. The molecule has 0 fully saturated rings. The van der Waals surface area contributed by atoms with Gasteiger partial charge in [0.25, 0.3) is 5.56 Å². The van der Waals surface area contributed by atoms with Crippen LogP contribution in [0.2, 0.25) is 0 Å². The number of hydrogen-bond acceptors (Lipinski definition) is 3. The van der Waals surface area contributed by atoms with Gasteiger partial charge in [0.1, 0.15) is 0 Å². The molecule has 2 N–H and O–H groups in total. The highest BCUT2D eigenvalue weighted by Crippen LogP contribution is 2.18. The molecule has 2 heterocycles. The number of rotatable bonds is 4. The van der Waals surface area contributed by atoms with Gasteiger partial charge in [0, 0.05) is 23.5 Å². The minimum Gasteiger partial charge on any atom is -0.321 e. The lowest BCUT2D eigenvalue weighted by Gasteiger charge is -2.08. The van der Waals surface area contributed by atoms with Gasteiger partial charge in [-0.3, -0.25) is 4.79 Å². The quantitative estimate of drug-likeness (QED) is 0.774. The van der Waals surface area contributed by atoms with E-state index >= 15 is 0 Å². The van der Waals surface area contributed by atoms with Gasteiger partial charge in [-0.25, -0.2) is 0 Å². The number of pyridine rings is 1. The molecule has 3 rings (SSSR count). The lowest BCUT2D eigenvalue weighted by Crippen LogP contribution is -2.20. The van der Waals surface area contributed by atoms with Gasteiger partial charge in [0.15, 0.2) is 0 Å². The lowest BCUT2D eigenvalue weighted by atomic mass is 10.0. The van der Waals surface area contributed by atoms with Crippen molar-refractivity contribution < 1.29 is 0 Å². The summed E-state index contributed by atoms with van der Waals surface area (Å²) in [6.07, 6.45) is 0. The van der Waals surface area contributed by atoms with Crippen molar-refractivity contribution in [2.24, 2.45) is 0 Å². The molecule has 0 aliphatic rings. The van der Waals surface area contributed by atoms with Crippen LogP contribution in [-0.4, -0.2) is 4.98 Å². The van der Waals surface area contributed by atoms with Crippen LogP contribution in [0.25, 0.3) is 10.9 Å². The number of aromatic amines is 1. The summed E-state index contributed by atoms with van der Waals surface area (Å²) in [5.41, 5.74) is 4.06. The van der Waals surface area contributed by atoms with Crippen molar-refractivity contribution in [1.82, 2.24) is 10.3 Å². The molecule has 2 aromatic heterocycles. The molecule has 0 amide bonds. The van der Waals surface area contributed by atoms with Crippen molar-refractivity contribution in [1.29, 1.82) is 0 Å². The van der Waals surface area contributed by atoms with E-state index < -0.39 is 0 Å². The minimum atomic E-state index is -0.00474. The number of thiophene rings is 1. The molecule has 108 valence electrons. The first-order chi connectivity index (χ1) is 10.1. The first kappa shape index (κ1) is 14.0. The summed E-state index contributed by atoms with van der Waals surface area (Å²) in [6.45, 7) is 5.48. The third-order valence-corrected chi connectivity index (χ3v) is 4.70. The van der Waals surface area contributed by atoms with Crippen LogP contribution >= 0.6 is 11.3 Å². The van der Waals surface area contributed by atoms with Gasteiger partial charge < -0.3 is 10.3 Å². The molecule has 3 aromatic rings. The third-order valence-electron chi connectivity index (χ3n) is 3.82. The summed E-state index contributed by atoms with van der Waals surface area (Å²) < 4.78 is 0. The van der Waals surface area contributed by atoms with Crippen LogP contribution in [0, 0.1) is 13.8 Å². The highest BCUT2D eigenvalue weighted by Gasteiger charge is 2.06. The van der Waals surface area contributed by atoms with Gasteiger partial charge >= 0.3 is 0 Å². The fourth-order valence-electron chi connectivity index (χ4n) is 2.43. The van der Waals surface area contributed by atoms with E-state index in [1.54, 1.807) is 11.3 Å². The predicted molar refractivity (Wildman–Crippen MR) is 88.9 cm³/mol. The van der Waals surface area contributed by atoms with E-state index in [2.05, 4.69) is 40.8 Å². The van der Waals surface area contributed by atoms with Gasteiger partial charge in [0.2, 0.25) is 0 Å². The molecule has 4 heteroatoms. The van der Waals surface area contributed by atoms with Gasteiger partial charge in [-0.2, -0.15) is 0 Å². The van der Waals surface area contributed by atoms with Crippen LogP contribution in [0.5, 0.6) is 0 Å². The van der Waals surface area contributed by atoms with E-state index in [4.69, 9.17) is 0 Å². The van der Waals surface area contributed by atoms with Crippen molar-refractivity contribution in [2.75, 3.05) is 0 Å². The standard InChI is InChI=1S/C17H18N2OS/c1-11-5-6-13-8-14(17(20)19-16(13)12(11)2)9-18-10-15-4-3-7-21-15/h3-8,18H,9-10H2,1-2H3,(H,19,20). The number of nitrogens with one attached hydrogen (secondary N) is 2. The molecule has 0 unspecified atom stereocenters. The molecule has 0 saturated heterocycles. The number of aromatic nitrogens is 1. The zero-order valence-corrected chi connectivity index (χ0v) is 13.0. The molecule has 0 aliphatic carbocycles. The Morgan fingerprint density at radius 2 is 2.05 bits per heavy atom. The molecular weight excluding hydrogens is 280 g/mol. The monoisotopic (exact) mass is 298 g/mol. The SMILES string of the molecule is Cc1ccc2cc(CNCc3cccs3)c(=O)[nH]c2c1C. The summed E-state index contributed by atoms with van der Waals surface area (Å²) in [4.78, 5) is 16.5. The Balaban J connectivity index is 1.84. The third kappa shape index (κ3) is 2.91. The van der Waals surface area contributed by atoms with Crippen LogP contribution < -0.4 is 10.9 Å². The minimum absolute atomic E-state index is 0.00474. The van der Waals surface area contributed by atoms with E-state index in [0.29, 0.717) is 6.54 Å². The summed E-state index contributed by atoms with van der Waals surface area (Å²) in [7, 11) is 0. The molecule has 21 heavy (non-hydrogen) atoms. The molecule has 0 spiro atoms. The second kappa shape index (κ2) is 5.84. The Bertz CT molecular complexity index is 819. The zero-order valence-electron chi connectivity index (χ0n) is 12.2. The van der Waals surface area contributed by atoms with Crippen LogP contribution in [0.15, 0.2) is 40.5 Å². The molecule has 0 radical (unpaired) electrons. The van der Waals surface area contributed by atoms with Crippen molar-refractivity contribution in [3.63, 3.8) is 0 Å².